The lowest BCUT2D eigenvalue weighted by Gasteiger charge is -2.08. The fourth-order valence-corrected chi connectivity index (χ4v) is 3.35. The Hall–Kier alpha value is -3.33. The van der Waals surface area contributed by atoms with E-state index in [1.165, 1.54) is 28.5 Å². The summed E-state index contributed by atoms with van der Waals surface area (Å²) >= 11 is 3.16. The van der Waals surface area contributed by atoms with E-state index < -0.39 is 17.3 Å². The van der Waals surface area contributed by atoms with E-state index in [1.54, 1.807) is 12.1 Å². The molecule has 0 spiro atoms. The normalized spacial score (nSPS) is 11.0. The number of aromatic nitrogens is 4. The van der Waals surface area contributed by atoms with Gasteiger partial charge in [-0.25, -0.2) is 13.6 Å². The number of anilines is 1. The Morgan fingerprint density at radius 3 is 2.63 bits per heavy atom. The van der Waals surface area contributed by atoms with Gasteiger partial charge in [0.15, 0.2) is 0 Å². The second-order valence-electron chi connectivity index (χ2n) is 6.68. The van der Waals surface area contributed by atoms with E-state index in [9.17, 15) is 14.0 Å². The van der Waals surface area contributed by atoms with Gasteiger partial charge in [0.25, 0.3) is 5.56 Å². The van der Waals surface area contributed by atoms with Crippen LogP contribution in [0.4, 0.5) is 10.1 Å². The van der Waals surface area contributed by atoms with Crippen molar-refractivity contribution in [2.24, 2.45) is 0 Å². The molecule has 1 N–H and O–H groups in total. The van der Waals surface area contributed by atoms with E-state index in [2.05, 4.69) is 38.4 Å². The molecule has 0 aliphatic carbocycles. The van der Waals surface area contributed by atoms with Crippen LogP contribution in [0.25, 0.3) is 16.8 Å². The molecule has 2 aromatic heterocycles. The number of fused-ring (bicyclic) bond motifs is 1. The minimum absolute atomic E-state index is 0.0273. The average Bonchev–Trinajstić information content (AvgIpc) is 3.17. The van der Waals surface area contributed by atoms with Crippen molar-refractivity contribution < 1.29 is 9.18 Å². The van der Waals surface area contributed by atoms with Crippen LogP contribution in [0, 0.1) is 5.82 Å². The molecular weight excluding hydrogens is 453 g/mol. The highest BCUT2D eigenvalue weighted by Crippen LogP contribution is 2.20. The van der Waals surface area contributed by atoms with Crippen LogP contribution in [0.3, 0.4) is 0 Å². The van der Waals surface area contributed by atoms with Crippen LogP contribution in [0.5, 0.6) is 0 Å². The highest BCUT2D eigenvalue weighted by atomic mass is 79.9. The molecule has 0 aliphatic rings. The molecule has 0 radical (unpaired) electrons. The van der Waals surface area contributed by atoms with E-state index in [-0.39, 0.29) is 12.2 Å². The highest BCUT2D eigenvalue weighted by Gasteiger charge is 2.13. The number of aryl methyl sites for hydroxylation is 1. The number of nitrogens with zero attached hydrogens (tertiary/aromatic N) is 4. The Kier molecular flexibility index (Phi) is 5.45. The molecule has 2 aromatic carbocycles. The summed E-state index contributed by atoms with van der Waals surface area (Å²) in [6.07, 6.45) is 2.31. The van der Waals surface area contributed by atoms with Crippen LogP contribution in [0.15, 0.2) is 64.1 Å². The molecule has 9 heteroatoms. The third-order valence-corrected chi connectivity index (χ3v) is 5.14. The Balaban J connectivity index is 1.58. The summed E-state index contributed by atoms with van der Waals surface area (Å²) in [6.45, 7) is 1.73. The molecule has 2 heterocycles. The molecular formula is C21H17BrFN5O2. The number of nitrogens with one attached hydrogen (secondary N) is 1. The predicted octanol–water partition coefficient (Wildman–Crippen LogP) is 3.66. The molecule has 152 valence electrons. The minimum atomic E-state index is -0.581. The molecule has 0 fully saturated rings. The Morgan fingerprint density at radius 1 is 1.17 bits per heavy atom. The fourth-order valence-electron chi connectivity index (χ4n) is 3.02. The SMILES string of the molecule is CCc1ccc(-c2cc3c(=O)n(CC(=O)Nc4ccc(Br)cc4F)ncn3n2)cc1. The summed E-state index contributed by atoms with van der Waals surface area (Å²) in [4.78, 5) is 25.0. The monoisotopic (exact) mass is 469 g/mol. The van der Waals surface area contributed by atoms with E-state index in [4.69, 9.17) is 0 Å². The predicted molar refractivity (Wildman–Crippen MR) is 115 cm³/mol. The van der Waals surface area contributed by atoms with Crippen molar-refractivity contribution >= 4 is 33.0 Å². The van der Waals surface area contributed by atoms with Crippen molar-refractivity contribution in [3.63, 3.8) is 0 Å². The molecule has 0 aliphatic heterocycles. The second kappa shape index (κ2) is 8.19. The highest BCUT2D eigenvalue weighted by molar-refractivity contribution is 9.10. The number of hydrogen-bond donors (Lipinski definition) is 1. The summed E-state index contributed by atoms with van der Waals surface area (Å²) in [6, 6.07) is 13.9. The lowest BCUT2D eigenvalue weighted by Crippen LogP contribution is -2.30. The molecule has 0 bridgehead atoms. The van der Waals surface area contributed by atoms with Gasteiger partial charge in [0, 0.05) is 10.0 Å². The first-order valence-electron chi connectivity index (χ1n) is 9.24. The standard InChI is InChI=1S/C21H17BrFN5O2/c1-2-13-3-5-14(6-4-13)18-10-19-21(30)27(24-12-28(19)26-18)11-20(29)25-17-8-7-15(22)9-16(17)23/h3-10,12H,2,11H2,1H3,(H,25,29). The lowest BCUT2D eigenvalue weighted by atomic mass is 10.1. The molecule has 30 heavy (non-hydrogen) atoms. The van der Waals surface area contributed by atoms with Crippen molar-refractivity contribution in [3.05, 3.63) is 81.1 Å². The third kappa shape index (κ3) is 4.02. The van der Waals surface area contributed by atoms with Gasteiger partial charge in [-0.05, 0) is 36.2 Å². The summed E-state index contributed by atoms with van der Waals surface area (Å²) < 4.78 is 16.9. The topological polar surface area (TPSA) is 81.3 Å². The Bertz CT molecular complexity index is 1300. The van der Waals surface area contributed by atoms with Gasteiger partial charge in [-0.15, -0.1) is 0 Å². The Labute approximate surface area is 179 Å². The Morgan fingerprint density at radius 2 is 1.93 bits per heavy atom. The largest absolute Gasteiger partial charge is 0.322 e. The van der Waals surface area contributed by atoms with Crippen molar-refractivity contribution in [3.8, 4) is 11.3 Å². The third-order valence-electron chi connectivity index (χ3n) is 4.65. The van der Waals surface area contributed by atoms with Crippen LogP contribution < -0.4 is 10.9 Å². The number of hydrogen-bond acceptors (Lipinski definition) is 4. The molecule has 0 atom stereocenters. The first kappa shape index (κ1) is 20.0. The maximum absolute atomic E-state index is 13.9. The van der Waals surface area contributed by atoms with Gasteiger partial charge in [-0.3, -0.25) is 9.59 Å². The number of rotatable bonds is 5. The lowest BCUT2D eigenvalue weighted by molar-refractivity contribution is -0.117. The molecule has 7 nitrogen and oxygen atoms in total. The number of halogens is 2. The van der Waals surface area contributed by atoms with Crippen molar-refractivity contribution in [1.29, 1.82) is 0 Å². The van der Waals surface area contributed by atoms with Gasteiger partial charge in [0.1, 0.15) is 24.2 Å². The van der Waals surface area contributed by atoms with Crippen LogP contribution in [0.1, 0.15) is 12.5 Å². The van der Waals surface area contributed by atoms with Gasteiger partial charge in [0.05, 0.1) is 11.4 Å². The summed E-state index contributed by atoms with van der Waals surface area (Å²) in [5.74, 6) is -1.15. The molecule has 4 rings (SSSR count). The molecule has 0 unspecified atom stereocenters. The number of carbonyl (C=O) groups is 1. The summed E-state index contributed by atoms with van der Waals surface area (Å²) in [5, 5.41) is 10.8. The van der Waals surface area contributed by atoms with Crippen molar-refractivity contribution in [2.45, 2.75) is 19.9 Å². The van der Waals surface area contributed by atoms with Crippen molar-refractivity contribution in [1.82, 2.24) is 19.4 Å². The quantitative estimate of drug-likeness (QED) is 0.483. The van der Waals surface area contributed by atoms with Crippen LogP contribution in [-0.2, 0) is 17.8 Å². The number of amides is 1. The zero-order chi connectivity index (χ0) is 21.3. The van der Waals surface area contributed by atoms with Crippen LogP contribution in [0.2, 0.25) is 0 Å². The van der Waals surface area contributed by atoms with Gasteiger partial charge in [-0.2, -0.15) is 10.2 Å². The number of benzene rings is 2. The van der Waals surface area contributed by atoms with Crippen LogP contribution >= 0.6 is 15.9 Å². The van der Waals surface area contributed by atoms with Gasteiger partial charge in [0.2, 0.25) is 5.91 Å². The molecule has 0 saturated heterocycles. The minimum Gasteiger partial charge on any atom is -0.322 e. The van der Waals surface area contributed by atoms with Crippen molar-refractivity contribution in [2.75, 3.05) is 5.32 Å². The second-order valence-corrected chi connectivity index (χ2v) is 7.59. The maximum atomic E-state index is 13.9. The summed E-state index contributed by atoms with van der Waals surface area (Å²) in [7, 11) is 0. The van der Waals surface area contributed by atoms with Crippen LogP contribution in [-0.4, -0.2) is 25.3 Å². The number of carbonyl (C=O) groups excluding carboxylic acids is 1. The van der Waals surface area contributed by atoms with E-state index >= 15 is 0 Å². The maximum Gasteiger partial charge on any atom is 0.293 e. The van der Waals surface area contributed by atoms with E-state index in [0.717, 1.165) is 16.7 Å². The van der Waals surface area contributed by atoms with Gasteiger partial charge < -0.3 is 5.32 Å². The first-order chi connectivity index (χ1) is 14.4. The molecule has 4 aromatic rings. The van der Waals surface area contributed by atoms with E-state index in [1.807, 2.05) is 24.3 Å². The van der Waals surface area contributed by atoms with E-state index in [0.29, 0.717) is 15.7 Å². The fraction of sp³-hybridized carbons (Fsp3) is 0.143. The average molecular weight is 470 g/mol. The van der Waals surface area contributed by atoms with Gasteiger partial charge >= 0.3 is 0 Å². The molecule has 0 saturated carbocycles. The van der Waals surface area contributed by atoms with Gasteiger partial charge in [-0.1, -0.05) is 47.1 Å². The zero-order valence-corrected chi connectivity index (χ0v) is 17.6. The smallest absolute Gasteiger partial charge is 0.293 e. The summed E-state index contributed by atoms with van der Waals surface area (Å²) in [5.41, 5.74) is 2.58. The molecule has 1 amide bonds. The zero-order valence-electron chi connectivity index (χ0n) is 16.0. The first-order valence-corrected chi connectivity index (χ1v) is 10.0.